The molecule has 0 aromatic heterocycles. The summed E-state index contributed by atoms with van der Waals surface area (Å²) in [7, 11) is 0. The van der Waals surface area contributed by atoms with E-state index in [4.69, 9.17) is 0 Å². The van der Waals surface area contributed by atoms with Crippen LogP contribution in [0.4, 0.5) is 40.8 Å². The Hall–Kier alpha value is -2.65. The van der Waals surface area contributed by atoms with Crippen molar-refractivity contribution in [2.45, 2.75) is 6.18 Å². The zero-order chi connectivity index (χ0) is 18.1. The van der Waals surface area contributed by atoms with Crippen LogP contribution in [0.5, 0.6) is 0 Å². The first kappa shape index (κ1) is 17.7. The number of hydrogen-bond acceptors (Lipinski definition) is 2. The van der Waals surface area contributed by atoms with E-state index in [1.54, 1.807) is 5.43 Å². The Morgan fingerprint density at radius 3 is 1.96 bits per heavy atom. The van der Waals surface area contributed by atoms with Crippen LogP contribution in [0.3, 0.4) is 0 Å². The van der Waals surface area contributed by atoms with Crippen LogP contribution in [0.25, 0.3) is 0 Å². The lowest BCUT2D eigenvalue weighted by molar-refractivity contribution is -0.143. The van der Waals surface area contributed by atoms with Crippen molar-refractivity contribution < 1.29 is 35.1 Å². The third kappa shape index (κ3) is 3.47. The number of hydrazone groups is 1. The quantitative estimate of drug-likeness (QED) is 0.362. The zero-order valence-electron chi connectivity index (χ0n) is 11.4. The number of rotatable bonds is 3. The van der Waals surface area contributed by atoms with Gasteiger partial charge in [-0.2, -0.15) is 18.3 Å². The average Bonchev–Trinajstić information content (AvgIpc) is 2.47. The van der Waals surface area contributed by atoms with Crippen LogP contribution in [0, 0.1) is 29.1 Å². The first-order chi connectivity index (χ1) is 11.1. The molecular weight excluding hydrogens is 348 g/mol. The third-order valence-corrected chi connectivity index (χ3v) is 2.79. The van der Waals surface area contributed by atoms with Gasteiger partial charge < -0.3 is 0 Å². The van der Waals surface area contributed by atoms with E-state index < -0.39 is 46.5 Å². The topological polar surface area (TPSA) is 24.4 Å². The van der Waals surface area contributed by atoms with Crippen molar-refractivity contribution in [3.8, 4) is 0 Å². The maximum absolute atomic E-state index is 13.5. The molecule has 0 bridgehead atoms. The largest absolute Gasteiger partial charge is 0.422 e. The first-order valence-electron chi connectivity index (χ1n) is 6.10. The fourth-order valence-corrected chi connectivity index (χ4v) is 1.74. The molecule has 2 rings (SSSR count). The maximum Gasteiger partial charge on any atom is 0.422 e. The van der Waals surface area contributed by atoms with E-state index in [0.717, 1.165) is 18.3 Å². The molecule has 0 saturated carbocycles. The molecule has 0 aliphatic heterocycles. The van der Waals surface area contributed by atoms with Crippen LogP contribution in [0.1, 0.15) is 11.1 Å². The molecule has 2 aromatic carbocycles. The molecule has 0 heterocycles. The summed E-state index contributed by atoms with van der Waals surface area (Å²) in [5.74, 6) is -10.5. The number of hydrogen-bond donors (Lipinski definition) is 1. The molecular formula is C14H6F8N2. The molecule has 24 heavy (non-hydrogen) atoms. The van der Waals surface area contributed by atoms with E-state index >= 15 is 0 Å². The van der Waals surface area contributed by atoms with Crippen molar-refractivity contribution in [3.63, 3.8) is 0 Å². The highest BCUT2D eigenvalue weighted by molar-refractivity contribution is 5.80. The van der Waals surface area contributed by atoms with Gasteiger partial charge in [0.25, 0.3) is 0 Å². The van der Waals surface area contributed by atoms with Gasteiger partial charge in [-0.25, -0.2) is 22.0 Å². The highest BCUT2D eigenvalue weighted by Gasteiger charge is 2.42. The van der Waals surface area contributed by atoms with E-state index in [2.05, 4.69) is 5.10 Å². The molecule has 0 atom stereocenters. The minimum Gasteiger partial charge on any atom is -0.272 e. The predicted octanol–water partition coefficient (Wildman–Crippen LogP) is 4.85. The fourth-order valence-electron chi connectivity index (χ4n) is 1.74. The highest BCUT2D eigenvalue weighted by Crippen LogP contribution is 2.38. The Balaban J connectivity index is 2.38. The van der Waals surface area contributed by atoms with Gasteiger partial charge in [0.05, 0.1) is 6.21 Å². The second-order valence-electron chi connectivity index (χ2n) is 4.43. The van der Waals surface area contributed by atoms with Gasteiger partial charge in [-0.1, -0.05) is 12.1 Å². The number of alkyl halides is 3. The van der Waals surface area contributed by atoms with Crippen molar-refractivity contribution in [2.75, 3.05) is 5.43 Å². The van der Waals surface area contributed by atoms with Crippen molar-refractivity contribution in [3.05, 3.63) is 64.5 Å². The summed E-state index contributed by atoms with van der Waals surface area (Å²) < 4.78 is 104. The van der Waals surface area contributed by atoms with Crippen LogP contribution in [0.2, 0.25) is 0 Å². The molecule has 0 aliphatic rings. The molecule has 128 valence electrons. The minimum absolute atomic E-state index is 0.121. The zero-order valence-corrected chi connectivity index (χ0v) is 11.4. The average molecular weight is 354 g/mol. The summed E-state index contributed by atoms with van der Waals surface area (Å²) in [4.78, 5) is 0. The standard InChI is InChI=1S/C14H6F8N2/c15-7-3-1-2-6(4-7)5-23-24-13-11(18)9(16)8(14(20,21)22)10(17)12(13)19/h1-5,24H/b23-5-. The van der Waals surface area contributed by atoms with Gasteiger partial charge in [0, 0.05) is 0 Å². The molecule has 0 aliphatic carbocycles. The van der Waals surface area contributed by atoms with Crippen molar-refractivity contribution in [2.24, 2.45) is 5.10 Å². The Kier molecular flexibility index (Phi) is 4.76. The molecule has 10 heteroatoms. The van der Waals surface area contributed by atoms with Gasteiger partial charge in [0.1, 0.15) is 17.1 Å². The molecule has 0 fully saturated rings. The summed E-state index contributed by atoms with van der Waals surface area (Å²) in [5, 5.41) is 3.21. The van der Waals surface area contributed by atoms with Crippen LogP contribution in [0.15, 0.2) is 29.4 Å². The Morgan fingerprint density at radius 1 is 0.875 bits per heavy atom. The summed E-state index contributed by atoms with van der Waals surface area (Å²) in [6, 6.07) is 4.71. The second-order valence-corrected chi connectivity index (χ2v) is 4.43. The van der Waals surface area contributed by atoms with Crippen LogP contribution >= 0.6 is 0 Å². The van der Waals surface area contributed by atoms with Crippen molar-refractivity contribution in [1.82, 2.24) is 0 Å². The van der Waals surface area contributed by atoms with E-state index in [1.165, 1.54) is 12.1 Å². The Morgan fingerprint density at radius 2 is 1.46 bits per heavy atom. The highest BCUT2D eigenvalue weighted by atomic mass is 19.4. The number of nitrogens with zero attached hydrogens (tertiary/aromatic N) is 1. The number of halogens is 8. The minimum atomic E-state index is -5.63. The van der Waals surface area contributed by atoms with Gasteiger partial charge in [0.15, 0.2) is 23.3 Å². The summed E-state index contributed by atoms with van der Waals surface area (Å²) >= 11 is 0. The number of anilines is 1. The summed E-state index contributed by atoms with van der Waals surface area (Å²) in [5.41, 5.74) is -2.55. The number of benzene rings is 2. The van der Waals surface area contributed by atoms with Gasteiger partial charge in [0.2, 0.25) is 0 Å². The molecule has 0 amide bonds. The maximum atomic E-state index is 13.5. The predicted molar refractivity (Wildman–Crippen MR) is 68.9 cm³/mol. The lowest BCUT2D eigenvalue weighted by Gasteiger charge is -2.13. The molecule has 0 saturated heterocycles. The van der Waals surface area contributed by atoms with E-state index in [9.17, 15) is 35.1 Å². The van der Waals surface area contributed by atoms with Crippen molar-refractivity contribution in [1.29, 1.82) is 0 Å². The van der Waals surface area contributed by atoms with Gasteiger partial charge >= 0.3 is 6.18 Å². The van der Waals surface area contributed by atoms with E-state index in [1.807, 2.05) is 0 Å². The Labute approximate surface area is 129 Å². The van der Waals surface area contributed by atoms with Crippen molar-refractivity contribution >= 4 is 11.9 Å². The number of nitrogens with one attached hydrogen (secondary N) is 1. The van der Waals surface area contributed by atoms with Gasteiger partial charge in [-0.05, 0) is 17.7 Å². The van der Waals surface area contributed by atoms with E-state index in [0.29, 0.717) is 0 Å². The first-order valence-corrected chi connectivity index (χ1v) is 6.10. The third-order valence-electron chi connectivity index (χ3n) is 2.79. The molecule has 2 nitrogen and oxygen atoms in total. The lowest BCUT2D eigenvalue weighted by atomic mass is 10.1. The second kappa shape index (κ2) is 6.46. The summed E-state index contributed by atoms with van der Waals surface area (Å²) in [6.45, 7) is 0. The molecule has 0 unspecified atom stereocenters. The monoisotopic (exact) mass is 354 g/mol. The molecule has 0 radical (unpaired) electrons. The van der Waals surface area contributed by atoms with Gasteiger partial charge in [-0.15, -0.1) is 0 Å². The molecule has 1 N–H and O–H groups in total. The molecule has 0 spiro atoms. The van der Waals surface area contributed by atoms with Crippen LogP contribution < -0.4 is 5.43 Å². The van der Waals surface area contributed by atoms with Crippen LogP contribution in [-0.4, -0.2) is 6.21 Å². The molecule has 2 aromatic rings. The van der Waals surface area contributed by atoms with E-state index in [-0.39, 0.29) is 5.56 Å². The SMILES string of the molecule is Fc1cccc(/C=N\Nc2c(F)c(F)c(C(F)(F)F)c(F)c2F)c1. The Bertz CT molecular complexity index is 769. The van der Waals surface area contributed by atoms with Gasteiger partial charge in [-0.3, -0.25) is 5.43 Å². The fraction of sp³-hybridized carbons (Fsp3) is 0.0714. The van der Waals surface area contributed by atoms with Crippen LogP contribution in [-0.2, 0) is 6.18 Å². The normalized spacial score (nSPS) is 12.0. The summed E-state index contributed by atoms with van der Waals surface area (Å²) in [6.07, 6.45) is -4.78. The lowest BCUT2D eigenvalue weighted by Crippen LogP contribution is -2.16. The smallest absolute Gasteiger partial charge is 0.272 e.